The van der Waals surface area contributed by atoms with E-state index in [4.69, 9.17) is 9.97 Å². The first-order chi connectivity index (χ1) is 32.5. The molecule has 2 aliphatic carbocycles. The summed E-state index contributed by atoms with van der Waals surface area (Å²) in [6.07, 6.45) is 0. The van der Waals surface area contributed by atoms with E-state index in [-0.39, 0.29) is 5.41 Å². The molecule has 11 aromatic rings. The molecule has 0 saturated heterocycles. The SMILES string of the molecule is CC1(C)c2ccc(-c3ccc(-c4cc(-c5cccc6c5C(c5ccccc5)(c5ccccc5)c5ccccc5-6)nc(-c5ccccc5)n4)c4ccccc34)cc2-c2c1ccc1ccccc21. The van der Waals surface area contributed by atoms with Crippen LogP contribution in [0.1, 0.15) is 47.2 Å². The largest absolute Gasteiger partial charge is 0.228 e. The molecular formula is C64H44N2. The number of fused-ring (bicyclic) bond motifs is 9. The lowest BCUT2D eigenvalue weighted by molar-refractivity contribution is 0.661. The topological polar surface area (TPSA) is 25.8 Å². The average molecular weight is 841 g/mol. The number of hydrogen-bond acceptors (Lipinski definition) is 2. The number of hydrogen-bond donors (Lipinski definition) is 0. The molecule has 1 heterocycles. The van der Waals surface area contributed by atoms with Crippen molar-refractivity contribution in [1.29, 1.82) is 0 Å². The van der Waals surface area contributed by atoms with Gasteiger partial charge in [0.25, 0.3) is 0 Å². The standard InChI is InChI=1S/C64H44N2/c1-63(2)55-37-34-43(39-54(55)60-47-26-13-12-19-41(47)33-38-57(60)63)46-35-36-51(49-28-15-14-27-48(46)49)58-40-59(66-62(65-58)42-20-6-3-7-21-42)53-31-18-30-52-50-29-16-17-32-56(50)64(61(52)53,44-22-8-4-9-23-44)45-24-10-5-11-25-45/h3-40H,1-2H3. The van der Waals surface area contributed by atoms with Gasteiger partial charge in [-0.25, -0.2) is 9.97 Å². The molecule has 0 fully saturated rings. The zero-order chi connectivity index (χ0) is 44.0. The molecule has 1 aromatic heterocycles. The highest BCUT2D eigenvalue weighted by molar-refractivity contribution is 6.07. The van der Waals surface area contributed by atoms with E-state index in [1.165, 1.54) is 82.9 Å². The summed E-state index contributed by atoms with van der Waals surface area (Å²) in [7, 11) is 0. The van der Waals surface area contributed by atoms with E-state index >= 15 is 0 Å². The average Bonchev–Trinajstić information content (AvgIpc) is 3.82. The van der Waals surface area contributed by atoms with Crippen LogP contribution in [0.3, 0.4) is 0 Å². The van der Waals surface area contributed by atoms with Crippen LogP contribution in [-0.4, -0.2) is 9.97 Å². The first-order valence-corrected chi connectivity index (χ1v) is 23.0. The Balaban J connectivity index is 1.03. The summed E-state index contributed by atoms with van der Waals surface area (Å²) in [5, 5.41) is 4.93. The second-order valence-corrected chi connectivity index (χ2v) is 18.4. The van der Waals surface area contributed by atoms with Crippen LogP contribution in [0.25, 0.3) is 88.8 Å². The molecule has 0 saturated carbocycles. The Kier molecular flexibility index (Phi) is 8.51. The zero-order valence-electron chi connectivity index (χ0n) is 36.8. The van der Waals surface area contributed by atoms with E-state index in [0.717, 1.165) is 33.5 Å². The molecule has 0 N–H and O–H groups in total. The summed E-state index contributed by atoms with van der Waals surface area (Å²) < 4.78 is 0. The number of benzene rings is 10. The number of aromatic nitrogens is 2. The van der Waals surface area contributed by atoms with E-state index in [2.05, 4.69) is 244 Å². The van der Waals surface area contributed by atoms with Crippen LogP contribution in [-0.2, 0) is 10.8 Å². The molecule has 2 nitrogen and oxygen atoms in total. The lowest BCUT2D eigenvalue weighted by atomic mass is 9.66. The van der Waals surface area contributed by atoms with Gasteiger partial charge in [-0.15, -0.1) is 0 Å². The Morgan fingerprint density at radius 1 is 0.333 bits per heavy atom. The van der Waals surface area contributed by atoms with Crippen molar-refractivity contribution in [3.63, 3.8) is 0 Å². The molecule has 0 atom stereocenters. The molecule has 0 unspecified atom stereocenters. The van der Waals surface area contributed by atoms with Gasteiger partial charge in [-0.05, 0) is 100 Å². The fourth-order valence-electron chi connectivity index (χ4n) is 11.6. The summed E-state index contributed by atoms with van der Waals surface area (Å²) in [6.45, 7) is 4.73. The second-order valence-electron chi connectivity index (χ2n) is 18.4. The molecule has 0 amide bonds. The van der Waals surface area contributed by atoms with Crippen LogP contribution in [0, 0.1) is 0 Å². The van der Waals surface area contributed by atoms with Gasteiger partial charge in [0.2, 0.25) is 0 Å². The third-order valence-electron chi connectivity index (χ3n) is 14.6. The Morgan fingerprint density at radius 2 is 0.894 bits per heavy atom. The molecule has 0 spiro atoms. The predicted molar refractivity (Wildman–Crippen MR) is 274 cm³/mol. The molecule has 10 aromatic carbocycles. The first-order valence-electron chi connectivity index (χ1n) is 23.0. The zero-order valence-corrected chi connectivity index (χ0v) is 36.8. The maximum atomic E-state index is 5.51. The first kappa shape index (κ1) is 38.3. The van der Waals surface area contributed by atoms with Gasteiger partial charge in [-0.3, -0.25) is 0 Å². The highest BCUT2D eigenvalue weighted by Gasteiger charge is 2.47. The smallest absolute Gasteiger partial charge is 0.160 e. The van der Waals surface area contributed by atoms with E-state index in [0.29, 0.717) is 5.82 Å². The summed E-state index contributed by atoms with van der Waals surface area (Å²) >= 11 is 0. The van der Waals surface area contributed by atoms with Crippen molar-refractivity contribution in [2.45, 2.75) is 24.7 Å². The minimum Gasteiger partial charge on any atom is -0.228 e. The predicted octanol–water partition coefficient (Wildman–Crippen LogP) is 16.1. The quantitative estimate of drug-likeness (QED) is 0.167. The van der Waals surface area contributed by atoms with Gasteiger partial charge in [0.1, 0.15) is 0 Å². The van der Waals surface area contributed by atoms with Crippen molar-refractivity contribution in [2.24, 2.45) is 0 Å². The summed E-state index contributed by atoms with van der Waals surface area (Å²) in [5.74, 6) is 0.696. The monoisotopic (exact) mass is 840 g/mol. The Morgan fingerprint density at radius 3 is 1.64 bits per heavy atom. The van der Waals surface area contributed by atoms with E-state index < -0.39 is 5.41 Å². The van der Waals surface area contributed by atoms with Crippen LogP contribution in [0.15, 0.2) is 231 Å². The van der Waals surface area contributed by atoms with Crippen molar-refractivity contribution >= 4 is 21.5 Å². The van der Waals surface area contributed by atoms with Gasteiger partial charge in [0, 0.05) is 22.1 Å². The van der Waals surface area contributed by atoms with Gasteiger partial charge in [0.15, 0.2) is 5.82 Å². The minimum atomic E-state index is -0.588. The molecule has 0 aliphatic heterocycles. The third-order valence-corrected chi connectivity index (χ3v) is 14.6. The maximum absolute atomic E-state index is 5.51. The van der Waals surface area contributed by atoms with E-state index in [1.54, 1.807) is 0 Å². The summed E-state index contributed by atoms with van der Waals surface area (Å²) in [6, 6.07) is 84.4. The number of rotatable bonds is 6. The summed E-state index contributed by atoms with van der Waals surface area (Å²) in [5.41, 5.74) is 19.5. The molecular weight excluding hydrogens is 797 g/mol. The van der Waals surface area contributed by atoms with Crippen molar-refractivity contribution in [2.75, 3.05) is 0 Å². The van der Waals surface area contributed by atoms with Crippen molar-refractivity contribution in [3.05, 3.63) is 264 Å². The van der Waals surface area contributed by atoms with E-state index in [9.17, 15) is 0 Å². The van der Waals surface area contributed by atoms with Gasteiger partial charge in [-0.1, -0.05) is 232 Å². The van der Waals surface area contributed by atoms with Crippen LogP contribution < -0.4 is 0 Å². The molecule has 2 aliphatic rings. The molecule has 2 heteroatoms. The minimum absolute atomic E-state index is 0.0934. The molecule has 310 valence electrons. The number of nitrogens with zero attached hydrogens (tertiary/aromatic N) is 2. The fraction of sp³-hybridized carbons (Fsp3) is 0.0625. The molecule has 0 radical (unpaired) electrons. The van der Waals surface area contributed by atoms with Crippen molar-refractivity contribution in [1.82, 2.24) is 9.97 Å². The van der Waals surface area contributed by atoms with E-state index in [1.807, 2.05) is 0 Å². The molecule has 66 heavy (non-hydrogen) atoms. The Hall–Kier alpha value is -8.20. The maximum Gasteiger partial charge on any atom is 0.160 e. The van der Waals surface area contributed by atoms with Crippen LogP contribution in [0.4, 0.5) is 0 Å². The highest BCUT2D eigenvalue weighted by atomic mass is 14.9. The van der Waals surface area contributed by atoms with Gasteiger partial charge < -0.3 is 0 Å². The normalized spacial score (nSPS) is 13.8. The third kappa shape index (κ3) is 5.55. The lowest BCUT2D eigenvalue weighted by Gasteiger charge is -2.35. The van der Waals surface area contributed by atoms with Gasteiger partial charge in [0.05, 0.1) is 16.8 Å². The Bertz CT molecular complexity index is 3680. The van der Waals surface area contributed by atoms with Gasteiger partial charge in [-0.2, -0.15) is 0 Å². The lowest BCUT2D eigenvalue weighted by Crippen LogP contribution is -2.29. The van der Waals surface area contributed by atoms with Crippen molar-refractivity contribution < 1.29 is 0 Å². The summed E-state index contributed by atoms with van der Waals surface area (Å²) in [4.78, 5) is 11.0. The molecule has 0 bridgehead atoms. The van der Waals surface area contributed by atoms with Crippen LogP contribution in [0.2, 0.25) is 0 Å². The van der Waals surface area contributed by atoms with Crippen molar-refractivity contribution in [3.8, 4) is 67.3 Å². The Labute approximate surface area is 385 Å². The van der Waals surface area contributed by atoms with Crippen LogP contribution >= 0.6 is 0 Å². The highest BCUT2D eigenvalue weighted by Crippen LogP contribution is 2.59. The fourth-order valence-corrected chi connectivity index (χ4v) is 11.6. The second kappa shape index (κ2) is 14.7. The van der Waals surface area contributed by atoms with Crippen LogP contribution in [0.5, 0.6) is 0 Å². The van der Waals surface area contributed by atoms with Gasteiger partial charge >= 0.3 is 0 Å². The molecule has 13 rings (SSSR count).